The molecule has 100 valence electrons. The first-order valence-corrected chi connectivity index (χ1v) is 7.62. The summed E-state index contributed by atoms with van der Waals surface area (Å²) in [6.07, 6.45) is 7.05. The van der Waals surface area contributed by atoms with Crippen LogP contribution in [0.15, 0.2) is 22.7 Å². The fraction of sp³-hybridized carbons (Fsp3) is 0.600. The fourth-order valence-corrected chi connectivity index (χ4v) is 3.12. The van der Waals surface area contributed by atoms with Crippen LogP contribution in [0.1, 0.15) is 37.7 Å². The Morgan fingerprint density at radius 2 is 2.11 bits per heavy atom. The second kappa shape index (κ2) is 7.15. The highest BCUT2D eigenvalue weighted by atomic mass is 79.9. The minimum absolute atomic E-state index is 0.884. The van der Waals surface area contributed by atoms with Crippen LogP contribution in [0.5, 0.6) is 5.75 Å². The summed E-state index contributed by atoms with van der Waals surface area (Å²) in [5.41, 5.74) is 1.22. The van der Waals surface area contributed by atoms with Gasteiger partial charge in [-0.25, -0.2) is 0 Å². The summed E-state index contributed by atoms with van der Waals surface area (Å²) >= 11 is 3.51. The summed E-state index contributed by atoms with van der Waals surface area (Å²) in [5, 5.41) is 3.53. The van der Waals surface area contributed by atoms with Gasteiger partial charge in [0.2, 0.25) is 0 Å². The number of ether oxygens (including phenoxy) is 1. The Morgan fingerprint density at radius 3 is 2.83 bits per heavy atom. The lowest BCUT2D eigenvalue weighted by molar-refractivity contribution is 0.406. The molecule has 0 aromatic heterocycles. The highest BCUT2D eigenvalue weighted by Crippen LogP contribution is 2.27. The summed E-state index contributed by atoms with van der Waals surface area (Å²) < 4.78 is 6.48. The summed E-state index contributed by atoms with van der Waals surface area (Å²) in [4.78, 5) is 0. The Hall–Kier alpha value is -0.540. The van der Waals surface area contributed by atoms with E-state index in [1.807, 2.05) is 12.1 Å². The summed E-state index contributed by atoms with van der Waals surface area (Å²) in [7, 11) is 1.73. The number of nitrogens with one attached hydrogen (secondary N) is 1. The largest absolute Gasteiger partial charge is 0.496 e. The molecule has 1 aromatic carbocycles. The zero-order valence-electron chi connectivity index (χ0n) is 11.0. The van der Waals surface area contributed by atoms with Crippen molar-refractivity contribution in [2.24, 2.45) is 5.92 Å². The van der Waals surface area contributed by atoms with Crippen LogP contribution in [0.4, 0.5) is 0 Å². The van der Waals surface area contributed by atoms with E-state index in [0.717, 1.165) is 29.2 Å². The third-order valence-electron chi connectivity index (χ3n) is 3.76. The van der Waals surface area contributed by atoms with E-state index < -0.39 is 0 Å². The average molecular weight is 312 g/mol. The van der Waals surface area contributed by atoms with Crippen LogP contribution < -0.4 is 10.1 Å². The number of rotatable bonds is 6. The molecule has 0 bridgehead atoms. The number of halogens is 1. The van der Waals surface area contributed by atoms with E-state index in [2.05, 4.69) is 27.3 Å². The minimum Gasteiger partial charge on any atom is -0.496 e. The minimum atomic E-state index is 0.884. The molecule has 0 spiro atoms. The van der Waals surface area contributed by atoms with Crippen molar-refractivity contribution < 1.29 is 4.74 Å². The maximum atomic E-state index is 5.37. The normalized spacial score (nSPS) is 16.1. The highest BCUT2D eigenvalue weighted by Gasteiger charge is 2.14. The smallest absolute Gasteiger partial charge is 0.123 e. The summed E-state index contributed by atoms with van der Waals surface area (Å²) in [6.45, 7) is 2.00. The number of hydrogen-bond donors (Lipinski definition) is 1. The van der Waals surface area contributed by atoms with Gasteiger partial charge in [0.15, 0.2) is 0 Å². The van der Waals surface area contributed by atoms with Gasteiger partial charge in [0.05, 0.1) is 7.11 Å². The first-order valence-electron chi connectivity index (χ1n) is 6.82. The van der Waals surface area contributed by atoms with Gasteiger partial charge in [0.25, 0.3) is 0 Å². The van der Waals surface area contributed by atoms with Crippen molar-refractivity contribution in [1.82, 2.24) is 5.32 Å². The van der Waals surface area contributed by atoms with E-state index in [0.29, 0.717) is 0 Å². The van der Waals surface area contributed by atoms with Crippen molar-refractivity contribution in [3.63, 3.8) is 0 Å². The Bertz CT molecular complexity index is 375. The lowest BCUT2D eigenvalue weighted by Crippen LogP contribution is -2.17. The molecule has 1 saturated carbocycles. The molecule has 1 aromatic rings. The molecule has 2 nitrogen and oxygen atoms in total. The van der Waals surface area contributed by atoms with E-state index in [9.17, 15) is 0 Å². The van der Waals surface area contributed by atoms with Crippen molar-refractivity contribution in [3.8, 4) is 5.75 Å². The van der Waals surface area contributed by atoms with Gasteiger partial charge in [0, 0.05) is 16.6 Å². The van der Waals surface area contributed by atoms with Gasteiger partial charge in [-0.15, -0.1) is 0 Å². The van der Waals surface area contributed by atoms with Crippen molar-refractivity contribution in [3.05, 3.63) is 28.2 Å². The fourth-order valence-electron chi connectivity index (χ4n) is 2.71. The molecular formula is C15H22BrNO. The Morgan fingerprint density at radius 1 is 1.33 bits per heavy atom. The van der Waals surface area contributed by atoms with Crippen molar-refractivity contribution >= 4 is 15.9 Å². The van der Waals surface area contributed by atoms with Crippen LogP contribution in [0, 0.1) is 5.92 Å². The van der Waals surface area contributed by atoms with E-state index in [4.69, 9.17) is 4.74 Å². The molecule has 0 amide bonds. The maximum Gasteiger partial charge on any atom is 0.123 e. The first kappa shape index (κ1) is 13.9. The van der Waals surface area contributed by atoms with Gasteiger partial charge in [-0.1, -0.05) is 41.6 Å². The number of methoxy groups -OCH3 is 1. The molecule has 0 unspecified atom stereocenters. The molecule has 0 saturated heterocycles. The molecular weight excluding hydrogens is 290 g/mol. The molecule has 1 fully saturated rings. The lowest BCUT2D eigenvalue weighted by atomic mass is 10.0. The predicted octanol–water partition coefficient (Wildman–Crippen LogP) is 4.13. The predicted molar refractivity (Wildman–Crippen MR) is 79.0 cm³/mol. The molecule has 0 heterocycles. The monoisotopic (exact) mass is 311 g/mol. The van der Waals surface area contributed by atoms with Crippen LogP contribution in [0.2, 0.25) is 0 Å². The molecule has 3 heteroatoms. The molecule has 0 aliphatic heterocycles. The van der Waals surface area contributed by atoms with E-state index in [-0.39, 0.29) is 0 Å². The zero-order valence-corrected chi connectivity index (χ0v) is 12.6. The average Bonchev–Trinajstić information content (AvgIpc) is 2.88. The molecule has 1 aliphatic carbocycles. The van der Waals surface area contributed by atoms with Crippen molar-refractivity contribution in [2.75, 3.05) is 13.7 Å². The second-order valence-corrected chi connectivity index (χ2v) is 5.99. The van der Waals surface area contributed by atoms with Crippen LogP contribution in [0.25, 0.3) is 0 Å². The topological polar surface area (TPSA) is 21.3 Å². The van der Waals surface area contributed by atoms with Crippen molar-refractivity contribution in [2.45, 2.75) is 38.6 Å². The third kappa shape index (κ3) is 3.99. The van der Waals surface area contributed by atoms with E-state index >= 15 is 0 Å². The van der Waals surface area contributed by atoms with E-state index in [1.165, 1.54) is 37.7 Å². The summed E-state index contributed by atoms with van der Waals surface area (Å²) in [6, 6.07) is 6.15. The van der Waals surface area contributed by atoms with Crippen LogP contribution in [0.3, 0.4) is 0 Å². The Kier molecular flexibility index (Phi) is 5.51. The summed E-state index contributed by atoms with van der Waals surface area (Å²) in [5.74, 6) is 1.92. The van der Waals surface area contributed by atoms with Crippen LogP contribution >= 0.6 is 15.9 Å². The van der Waals surface area contributed by atoms with Crippen LogP contribution in [-0.4, -0.2) is 13.7 Å². The van der Waals surface area contributed by atoms with Crippen LogP contribution in [-0.2, 0) is 6.54 Å². The molecule has 18 heavy (non-hydrogen) atoms. The first-order chi connectivity index (χ1) is 8.79. The Labute approximate surface area is 118 Å². The molecule has 1 aliphatic rings. The van der Waals surface area contributed by atoms with Gasteiger partial charge in [0.1, 0.15) is 5.75 Å². The SMILES string of the molecule is COc1ccc(Br)cc1CNCCC1CCCC1. The standard InChI is InChI=1S/C15H22BrNO/c1-18-15-7-6-14(16)10-13(15)11-17-9-8-12-4-2-3-5-12/h6-7,10,12,17H,2-5,8-9,11H2,1H3. The van der Waals surface area contributed by atoms with Crippen molar-refractivity contribution in [1.29, 1.82) is 0 Å². The van der Waals surface area contributed by atoms with Gasteiger partial charge >= 0.3 is 0 Å². The van der Waals surface area contributed by atoms with Gasteiger partial charge in [-0.2, -0.15) is 0 Å². The third-order valence-corrected chi connectivity index (χ3v) is 4.26. The molecule has 0 atom stereocenters. The van der Waals surface area contributed by atoms with Gasteiger partial charge in [-0.05, 0) is 37.1 Å². The number of hydrogen-bond acceptors (Lipinski definition) is 2. The number of benzene rings is 1. The quantitative estimate of drug-likeness (QED) is 0.798. The molecule has 0 radical (unpaired) electrons. The molecule has 2 rings (SSSR count). The van der Waals surface area contributed by atoms with Gasteiger partial charge < -0.3 is 10.1 Å². The second-order valence-electron chi connectivity index (χ2n) is 5.07. The Balaban J connectivity index is 1.76. The highest BCUT2D eigenvalue weighted by molar-refractivity contribution is 9.10. The lowest BCUT2D eigenvalue weighted by Gasteiger charge is -2.12. The molecule has 1 N–H and O–H groups in total. The van der Waals surface area contributed by atoms with E-state index in [1.54, 1.807) is 7.11 Å². The maximum absolute atomic E-state index is 5.37. The zero-order chi connectivity index (χ0) is 12.8. The van der Waals surface area contributed by atoms with Gasteiger partial charge in [-0.3, -0.25) is 0 Å².